The van der Waals surface area contributed by atoms with E-state index >= 15 is 0 Å². The molecule has 0 bridgehead atoms. The van der Waals surface area contributed by atoms with E-state index in [-0.39, 0.29) is 11.9 Å². The molecule has 1 fully saturated rings. The van der Waals surface area contributed by atoms with E-state index in [0.717, 1.165) is 23.5 Å². The second-order valence-electron chi connectivity index (χ2n) is 3.85. The fraction of sp³-hybridized carbons (Fsp3) is 0.462. The third-order valence-electron chi connectivity index (χ3n) is 2.73. The fourth-order valence-electron chi connectivity index (χ4n) is 1.77. The summed E-state index contributed by atoms with van der Waals surface area (Å²) in [6.07, 6.45) is 0.715. The van der Waals surface area contributed by atoms with E-state index in [0.29, 0.717) is 6.61 Å². The van der Waals surface area contributed by atoms with Crippen molar-refractivity contribution in [2.45, 2.75) is 19.4 Å². The molecule has 0 N–H and O–H groups in total. The van der Waals surface area contributed by atoms with Crippen LogP contribution in [0.15, 0.2) is 24.3 Å². The molecule has 3 heteroatoms. The average molecular weight is 236 g/mol. The van der Waals surface area contributed by atoms with Crippen molar-refractivity contribution in [1.82, 2.24) is 0 Å². The third kappa shape index (κ3) is 2.66. The smallest absolute Gasteiger partial charge is 0.192 e. The van der Waals surface area contributed by atoms with Crippen molar-refractivity contribution >= 4 is 17.5 Å². The molecule has 1 aliphatic rings. The van der Waals surface area contributed by atoms with Crippen LogP contribution in [0.5, 0.6) is 0 Å². The van der Waals surface area contributed by atoms with Crippen molar-refractivity contribution in [2.24, 2.45) is 0 Å². The lowest BCUT2D eigenvalue weighted by Crippen LogP contribution is -2.31. The number of ether oxygens (including phenoxy) is 1. The lowest BCUT2D eigenvalue weighted by Gasteiger charge is -2.21. The SMILES string of the molecule is CCc1cccc(C(=O)C2CSCCO2)c1. The lowest BCUT2D eigenvalue weighted by molar-refractivity contribution is 0.0518. The zero-order valence-electron chi connectivity index (χ0n) is 9.44. The van der Waals surface area contributed by atoms with Gasteiger partial charge in [0.25, 0.3) is 0 Å². The second-order valence-corrected chi connectivity index (χ2v) is 5.00. The number of hydrogen-bond donors (Lipinski definition) is 0. The molecular weight excluding hydrogens is 220 g/mol. The molecule has 2 nitrogen and oxygen atoms in total. The molecule has 86 valence electrons. The summed E-state index contributed by atoms with van der Waals surface area (Å²) in [5.74, 6) is 1.91. The van der Waals surface area contributed by atoms with E-state index in [1.807, 2.05) is 24.3 Å². The number of hydrogen-bond acceptors (Lipinski definition) is 3. The largest absolute Gasteiger partial charge is 0.368 e. The fourth-order valence-corrected chi connectivity index (χ4v) is 2.61. The zero-order valence-corrected chi connectivity index (χ0v) is 10.3. The minimum Gasteiger partial charge on any atom is -0.368 e. The second kappa shape index (κ2) is 5.51. The van der Waals surface area contributed by atoms with Crippen molar-refractivity contribution in [3.8, 4) is 0 Å². The molecule has 0 radical (unpaired) electrons. The van der Waals surface area contributed by atoms with E-state index < -0.39 is 0 Å². The minimum atomic E-state index is -0.245. The first kappa shape index (κ1) is 11.7. The lowest BCUT2D eigenvalue weighted by atomic mass is 10.0. The van der Waals surface area contributed by atoms with Crippen LogP contribution >= 0.6 is 11.8 Å². The van der Waals surface area contributed by atoms with Crippen LogP contribution in [0.3, 0.4) is 0 Å². The van der Waals surface area contributed by atoms with E-state index in [1.165, 1.54) is 5.56 Å². The maximum atomic E-state index is 12.1. The van der Waals surface area contributed by atoms with Crippen LogP contribution in [0.25, 0.3) is 0 Å². The van der Waals surface area contributed by atoms with Crippen LogP contribution in [-0.4, -0.2) is 30.0 Å². The number of Topliss-reactive ketones (excluding diaryl/α,β-unsaturated/α-hetero) is 1. The van der Waals surface area contributed by atoms with Gasteiger partial charge in [0.15, 0.2) is 5.78 Å². The molecule has 1 saturated heterocycles. The van der Waals surface area contributed by atoms with Crippen LogP contribution in [-0.2, 0) is 11.2 Å². The summed E-state index contributed by atoms with van der Waals surface area (Å²) in [6.45, 7) is 2.78. The topological polar surface area (TPSA) is 26.3 Å². The van der Waals surface area contributed by atoms with E-state index in [2.05, 4.69) is 6.92 Å². The van der Waals surface area contributed by atoms with Crippen LogP contribution in [0.1, 0.15) is 22.8 Å². The third-order valence-corrected chi connectivity index (χ3v) is 3.72. The quantitative estimate of drug-likeness (QED) is 0.754. The molecule has 1 heterocycles. The van der Waals surface area contributed by atoms with E-state index in [4.69, 9.17) is 4.74 Å². The standard InChI is InChI=1S/C13H16O2S/c1-2-10-4-3-5-11(8-10)13(14)12-9-16-7-6-15-12/h3-5,8,12H,2,6-7,9H2,1H3. The molecule has 1 aromatic carbocycles. The molecular formula is C13H16O2S. The predicted octanol–water partition coefficient (Wildman–Crippen LogP) is 2.56. The van der Waals surface area contributed by atoms with Gasteiger partial charge in [-0.25, -0.2) is 0 Å². The first-order valence-electron chi connectivity index (χ1n) is 5.63. The van der Waals surface area contributed by atoms with Crippen molar-refractivity contribution in [1.29, 1.82) is 0 Å². The van der Waals surface area contributed by atoms with Crippen LogP contribution in [0.4, 0.5) is 0 Å². The van der Waals surface area contributed by atoms with Crippen LogP contribution < -0.4 is 0 Å². The number of benzene rings is 1. The van der Waals surface area contributed by atoms with Crippen molar-refractivity contribution in [3.63, 3.8) is 0 Å². The number of carbonyl (C=O) groups is 1. The molecule has 0 amide bonds. The van der Waals surface area contributed by atoms with E-state index in [9.17, 15) is 4.79 Å². The van der Waals surface area contributed by atoms with Crippen molar-refractivity contribution in [2.75, 3.05) is 18.1 Å². The molecule has 0 aliphatic carbocycles. The Labute approximate surface area is 100 Å². The molecule has 1 atom stereocenters. The maximum absolute atomic E-state index is 12.1. The van der Waals surface area contributed by atoms with Gasteiger partial charge in [0.05, 0.1) is 6.61 Å². The number of ketones is 1. The summed E-state index contributed by atoms with van der Waals surface area (Å²) in [5, 5.41) is 0. The zero-order chi connectivity index (χ0) is 11.4. The Morgan fingerprint density at radius 2 is 2.44 bits per heavy atom. The normalized spacial score (nSPS) is 20.7. The Morgan fingerprint density at radius 3 is 3.12 bits per heavy atom. The van der Waals surface area contributed by atoms with E-state index in [1.54, 1.807) is 11.8 Å². The van der Waals surface area contributed by atoms with Gasteiger partial charge in [0, 0.05) is 17.1 Å². The summed E-state index contributed by atoms with van der Waals surface area (Å²) in [6, 6.07) is 7.85. The molecule has 1 unspecified atom stereocenters. The Balaban J connectivity index is 2.12. The Kier molecular flexibility index (Phi) is 4.02. The van der Waals surface area contributed by atoms with Crippen molar-refractivity contribution in [3.05, 3.63) is 35.4 Å². The van der Waals surface area contributed by atoms with Gasteiger partial charge in [-0.15, -0.1) is 0 Å². The molecule has 1 aliphatic heterocycles. The minimum absolute atomic E-state index is 0.127. The van der Waals surface area contributed by atoms with Gasteiger partial charge in [0.1, 0.15) is 6.10 Å². The molecule has 0 spiro atoms. The Hall–Kier alpha value is -0.800. The average Bonchev–Trinajstić information content (AvgIpc) is 2.39. The molecule has 0 aromatic heterocycles. The summed E-state index contributed by atoms with van der Waals surface area (Å²) in [5.41, 5.74) is 1.99. The number of rotatable bonds is 3. The van der Waals surface area contributed by atoms with Gasteiger partial charge in [-0.05, 0) is 18.1 Å². The van der Waals surface area contributed by atoms with Gasteiger partial charge >= 0.3 is 0 Å². The van der Waals surface area contributed by atoms with Crippen LogP contribution in [0.2, 0.25) is 0 Å². The molecule has 0 saturated carbocycles. The maximum Gasteiger partial charge on any atom is 0.192 e. The highest BCUT2D eigenvalue weighted by molar-refractivity contribution is 7.99. The molecule has 1 aromatic rings. The number of thioether (sulfide) groups is 1. The monoisotopic (exact) mass is 236 g/mol. The highest BCUT2D eigenvalue weighted by Crippen LogP contribution is 2.17. The Bertz CT molecular complexity index is 370. The number of carbonyl (C=O) groups excluding carboxylic acids is 1. The summed E-state index contributed by atoms with van der Waals surface area (Å²) in [4.78, 5) is 12.1. The van der Waals surface area contributed by atoms with Crippen molar-refractivity contribution < 1.29 is 9.53 Å². The molecule has 2 rings (SSSR count). The van der Waals surface area contributed by atoms with Gasteiger partial charge in [0.2, 0.25) is 0 Å². The highest BCUT2D eigenvalue weighted by Gasteiger charge is 2.23. The molecule has 16 heavy (non-hydrogen) atoms. The van der Waals surface area contributed by atoms with Gasteiger partial charge in [-0.1, -0.05) is 25.1 Å². The number of aryl methyl sites for hydroxylation is 1. The van der Waals surface area contributed by atoms with Gasteiger partial charge in [-0.3, -0.25) is 4.79 Å². The van der Waals surface area contributed by atoms with Gasteiger partial charge < -0.3 is 4.74 Å². The highest BCUT2D eigenvalue weighted by atomic mass is 32.2. The first-order valence-corrected chi connectivity index (χ1v) is 6.79. The Morgan fingerprint density at radius 1 is 1.56 bits per heavy atom. The predicted molar refractivity (Wildman–Crippen MR) is 67.2 cm³/mol. The first-order chi connectivity index (χ1) is 7.81. The van der Waals surface area contributed by atoms with Crippen LogP contribution in [0, 0.1) is 0 Å². The summed E-state index contributed by atoms with van der Waals surface area (Å²) in [7, 11) is 0. The summed E-state index contributed by atoms with van der Waals surface area (Å²) >= 11 is 1.79. The van der Waals surface area contributed by atoms with Gasteiger partial charge in [-0.2, -0.15) is 11.8 Å². The summed E-state index contributed by atoms with van der Waals surface area (Å²) < 4.78 is 5.50.